The molecule has 1 aromatic heterocycles. The second-order valence-electron chi connectivity index (χ2n) is 4.91. The predicted octanol–water partition coefficient (Wildman–Crippen LogP) is 3.75. The van der Waals surface area contributed by atoms with Gasteiger partial charge < -0.3 is 9.73 Å². The Bertz CT molecular complexity index is 884. The zero-order chi connectivity index (χ0) is 16.4. The van der Waals surface area contributed by atoms with Crippen LogP contribution in [0.3, 0.4) is 0 Å². The summed E-state index contributed by atoms with van der Waals surface area (Å²) in [5, 5.41) is 13.5. The predicted molar refractivity (Wildman–Crippen MR) is 85.0 cm³/mol. The first-order valence-electron chi connectivity index (χ1n) is 7.02. The lowest BCUT2D eigenvalue weighted by molar-refractivity contribution is -0.384. The highest BCUT2D eigenvalue weighted by Crippen LogP contribution is 2.27. The number of nitrogens with zero attached hydrogens (tertiary/aromatic N) is 2. The summed E-state index contributed by atoms with van der Waals surface area (Å²) in [6, 6.07) is 11.3. The van der Waals surface area contributed by atoms with E-state index in [9.17, 15) is 14.9 Å². The third kappa shape index (κ3) is 3.03. The molecule has 0 aliphatic heterocycles. The molecule has 1 heterocycles. The monoisotopic (exact) mass is 311 g/mol. The third-order valence-corrected chi connectivity index (χ3v) is 3.32. The number of hydrogen-bond donors (Lipinski definition) is 1. The number of anilines is 1. The number of fused-ring (bicyclic) bond motifs is 1. The minimum atomic E-state index is -0.479. The molecule has 0 aliphatic rings. The van der Waals surface area contributed by atoms with Gasteiger partial charge in [0.05, 0.1) is 11.0 Å². The van der Waals surface area contributed by atoms with E-state index in [1.54, 1.807) is 37.3 Å². The Kier molecular flexibility index (Phi) is 3.76. The molecular formula is C16H13N3O4. The lowest BCUT2D eigenvalue weighted by Crippen LogP contribution is -2.08. The Balaban J connectivity index is 1.90. The topological polar surface area (TPSA) is 98.3 Å². The standard InChI is InChI=1S/C16H13N3O4/c1-2-15(20)17-11-5-3-10(4-6-11)16-18-13-8-7-12(19(21)22)9-14(13)23-16/h3-9H,2H2,1H3,(H,17,20). The van der Waals surface area contributed by atoms with Crippen molar-refractivity contribution in [3.05, 3.63) is 52.6 Å². The number of carbonyl (C=O) groups is 1. The quantitative estimate of drug-likeness (QED) is 0.584. The van der Waals surface area contributed by atoms with Crippen LogP contribution in [0.5, 0.6) is 0 Å². The normalized spacial score (nSPS) is 10.7. The van der Waals surface area contributed by atoms with Gasteiger partial charge in [0.1, 0.15) is 5.52 Å². The minimum absolute atomic E-state index is 0.0437. The molecule has 0 spiro atoms. The van der Waals surface area contributed by atoms with Crippen molar-refractivity contribution in [2.75, 3.05) is 5.32 Å². The lowest BCUT2D eigenvalue weighted by Gasteiger charge is -2.03. The Morgan fingerprint density at radius 2 is 2.00 bits per heavy atom. The van der Waals surface area contributed by atoms with Crippen LogP contribution in [0.25, 0.3) is 22.6 Å². The van der Waals surface area contributed by atoms with Crippen molar-refractivity contribution in [1.29, 1.82) is 0 Å². The molecule has 116 valence electrons. The van der Waals surface area contributed by atoms with Gasteiger partial charge in [0.2, 0.25) is 11.8 Å². The number of carbonyl (C=O) groups excluding carboxylic acids is 1. The summed E-state index contributed by atoms with van der Waals surface area (Å²) in [7, 11) is 0. The van der Waals surface area contributed by atoms with Crippen LogP contribution < -0.4 is 5.32 Å². The Morgan fingerprint density at radius 1 is 1.26 bits per heavy atom. The largest absolute Gasteiger partial charge is 0.436 e. The highest BCUT2D eigenvalue weighted by molar-refractivity contribution is 5.90. The molecule has 0 bridgehead atoms. The van der Waals surface area contributed by atoms with Crippen LogP contribution in [0.4, 0.5) is 11.4 Å². The molecule has 0 unspecified atom stereocenters. The van der Waals surface area contributed by atoms with Gasteiger partial charge in [0.25, 0.3) is 5.69 Å². The number of non-ortho nitro benzene ring substituents is 1. The first-order valence-corrected chi connectivity index (χ1v) is 7.02. The number of aromatic nitrogens is 1. The van der Waals surface area contributed by atoms with Gasteiger partial charge in [0.15, 0.2) is 5.58 Å². The van der Waals surface area contributed by atoms with E-state index < -0.39 is 4.92 Å². The van der Waals surface area contributed by atoms with Gasteiger partial charge in [-0.25, -0.2) is 4.98 Å². The molecule has 1 amide bonds. The maximum Gasteiger partial charge on any atom is 0.273 e. The molecule has 0 atom stereocenters. The van der Waals surface area contributed by atoms with Crippen LogP contribution >= 0.6 is 0 Å². The van der Waals surface area contributed by atoms with Gasteiger partial charge >= 0.3 is 0 Å². The summed E-state index contributed by atoms with van der Waals surface area (Å²) in [4.78, 5) is 26.0. The van der Waals surface area contributed by atoms with Crippen molar-refractivity contribution in [2.45, 2.75) is 13.3 Å². The molecule has 1 N–H and O–H groups in total. The fourth-order valence-corrected chi connectivity index (χ4v) is 2.10. The average molecular weight is 311 g/mol. The molecule has 0 saturated heterocycles. The van der Waals surface area contributed by atoms with Crippen LogP contribution in [0.2, 0.25) is 0 Å². The van der Waals surface area contributed by atoms with Gasteiger partial charge in [-0.1, -0.05) is 6.92 Å². The number of benzene rings is 2. The summed E-state index contributed by atoms with van der Waals surface area (Å²) < 4.78 is 5.58. The second kappa shape index (κ2) is 5.88. The van der Waals surface area contributed by atoms with Gasteiger partial charge in [0, 0.05) is 23.7 Å². The van der Waals surface area contributed by atoms with Crippen molar-refractivity contribution in [3.63, 3.8) is 0 Å². The fraction of sp³-hybridized carbons (Fsp3) is 0.125. The van der Waals surface area contributed by atoms with Crippen LogP contribution in [0.15, 0.2) is 46.9 Å². The molecule has 0 radical (unpaired) electrons. The maximum absolute atomic E-state index is 11.3. The van der Waals surface area contributed by atoms with Crippen LogP contribution in [-0.2, 0) is 4.79 Å². The van der Waals surface area contributed by atoms with Gasteiger partial charge in [-0.05, 0) is 30.3 Å². The van der Waals surface area contributed by atoms with E-state index in [4.69, 9.17) is 4.42 Å². The lowest BCUT2D eigenvalue weighted by atomic mass is 10.2. The van der Waals surface area contributed by atoms with Crippen LogP contribution in [-0.4, -0.2) is 15.8 Å². The number of oxazole rings is 1. The van der Waals surface area contributed by atoms with E-state index in [1.807, 2.05) is 0 Å². The summed E-state index contributed by atoms with van der Waals surface area (Å²) in [5.74, 6) is 0.306. The molecule has 0 aliphatic carbocycles. The highest BCUT2D eigenvalue weighted by Gasteiger charge is 2.13. The van der Waals surface area contributed by atoms with E-state index in [1.165, 1.54) is 12.1 Å². The summed E-state index contributed by atoms with van der Waals surface area (Å²) in [6.45, 7) is 1.78. The second-order valence-corrected chi connectivity index (χ2v) is 4.91. The summed E-state index contributed by atoms with van der Waals surface area (Å²) in [5.41, 5.74) is 2.27. The van der Waals surface area contributed by atoms with E-state index in [0.717, 1.165) is 5.56 Å². The van der Waals surface area contributed by atoms with E-state index in [0.29, 0.717) is 29.1 Å². The summed E-state index contributed by atoms with van der Waals surface area (Å²) >= 11 is 0. The number of amides is 1. The molecular weight excluding hydrogens is 298 g/mol. The van der Waals surface area contributed by atoms with Crippen molar-refractivity contribution >= 4 is 28.4 Å². The van der Waals surface area contributed by atoms with Crippen LogP contribution in [0.1, 0.15) is 13.3 Å². The molecule has 23 heavy (non-hydrogen) atoms. The number of nitrogens with one attached hydrogen (secondary N) is 1. The molecule has 0 fully saturated rings. The van der Waals surface area contributed by atoms with Gasteiger partial charge in [-0.2, -0.15) is 0 Å². The van der Waals surface area contributed by atoms with E-state index >= 15 is 0 Å². The SMILES string of the molecule is CCC(=O)Nc1ccc(-c2nc3ccc([N+](=O)[O-])cc3o2)cc1. The molecule has 3 aromatic rings. The van der Waals surface area contributed by atoms with Crippen molar-refractivity contribution in [2.24, 2.45) is 0 Å². The number of hydrogen-bond acceptors (Lipinski definition) is 5. The Labute approximate surface area is 131 Å². The molecule has 0 saturated carbocycles. The maximum atomic E-state index is 11.3. The van der Waals surface area contributed by atoms with Crippen LogP contribution in [0, 0.1) is 10.1 Å². The Hall–Kier alpha value is -3.22. The summed E-state index contributed by atoms with van der Waals surface area (Å²) in [6.07, 6.45) is 0.408. The fourth-order valence-electron chi connectivity index (χ4n) is 2.10. The van der Waals surface area contributed by atoms with Gasteiger partial charge in [-0.15, -0.1) is 0 Å². The highest BCUT2D eigenvalue weighted by atomic mass is 16.6. The smallest absolute Gasteiger partial charge is 0.273 e. The van der Waals surface area contributed by atoms with Crippen molar-refractivity contribution in [1.82, 2.24) is 4.98 Å². The molecule has 7 nitrogen and oxygen atoms in total. The Morgan fingerprint density at radius 3 is 2.65 bits per heavy atom. The first-order chi connectivity index (χ1) is 11.1. The average Bonchev–Trinajstić information content (AvgIpc) is 2.98. The minimum Gasteiger partial charge on any atom is -0.436 e. The van der Waals surface area contributed by atoms with Gasteiger partial charge in [-0.3, -0.25) is 14.9 Å². The molecule has 3 rings (SSSR count). The number of nitro benzene ring substituents is 1. The van der Waals surface area contributed by atoms with E-state index in [-0.39, 0.29) is 11.6 Å². The third-order valence-electron chi connectivity index (χ3n) is 3.32. The molecule has 7 heteroatoms. The van der Waals surface area contributed by atoms with Crippen molar-refractivity contribution < 1.29 is 14.1 Å². The number of nitro groups is 1. The zero-order valence-corrected chi connectivity index (χ0v) is 12.3. The number of rotatable bonds is 4. The van der Waals surface area contributed by atoms with Crippen molar-refractivity contribution in [3.8, 4) is 11.5 Å². The van der Waals surface area contributed by atoms with E-state index in [2.05, 4.69) is 10.3 Å². The molecule has 2 aromatic carbocycles. The zero-order valence-electron chi connectivity index (χ0n) is 12.3. The first kappa shape index (κ1) is 14.7.